The summed E-state index contributed by atoms with van der Waals surface area (Å²) in [4.78, 5) is 30.6. The van der Waals surface area contributed by atoms with Crippen LogP contribution in [-0.2, 0) is 4.79 Å². The average molecular weight is 448 g/mol. The van der Waals surface area contributed by atoms with Gasteiger partial charge in [-0.05, 0) is 61.2 Å². The Labute approximate surface area is 193 Å². The second-order valence-electron chi connectivity index (χ2n) is 7.98. The van der Waals surface area contributed by atoms with Gasteiger partial charge in [0.05, 0.1) is 11.3 Å². The number of aromatic amines is 1. The van der Waals surface area contributed by atoms with Crippen LogP contribution >= 0.6 is 11.6 Å². The van der Waals surface area contributed by atoms with Gasteiger partial charge in [-0.15, -0.1) is 0 Å². The number of carbonyl (C=O) groups excluding carboxylic acids is 2. The summed E-state index contributed by atoms with van der Waals surface area (Å²) in [5.41, 5.74) is 6.06. The molecule has 1 saturated heterocycles. The number of hydrogen-bond donors (Lipinski definition) is 2. The fourth-order valence-corrected chi connectivity index (χ4v) is 4.38. The fourth-order valence-electron chi connectivity index (χ4n) is 4.25. The molecule has 0 radical (unpaired) electrons. The van der Waals surface area contributed by atoms with Gasteiger partial charge in [-0.2, -0.15) is 0 Å². The van der Waals surface area contributed by atoms with Crippen molar-refractivity contribution in [3.63, 3.8) is 0 Å². The number of allylic oxidation sites excluding steroid dienone is 1. The van der Waals surface area contributed by atoms with Crippen LogP contribution in [0.4, 0.5) is 5.69 Å². The minimum absolute atomic E-state index is 0.00294. The SMILES string of the molecule is CNc1cccc(-c2ccc(Cl)cc2)c1/C(C=O)=C/c1[nH]c(C)cc1C(=O)N1CCCC1. The van der Waals surface area contributed by atoms with E-state index in [4.69, 9.17) is 11.6 Å². The number of rotatable bonds is 6. The maximum Gasteiger partial charge on any atom is 0.256 e. The first-order valence-electron chi connectivity index (χ1n) is 10.7. The number of amides is 1. The van der Waals surface area contributed by atoms with Crippen molar-refractivity contribution in [2.75, 3.05) is 25.5 Å². The number of nitrogens with one attached hydrogen (secondary N) is 2. The summed E-state index contributed by atoms with van der Waals surface area (Å²) in [6.07, 6.45) is 4.68. The van der Waals surface area contributed by atoms with Gasteiger partial charge in [0.2, 0.25) is 0 Å². The highest BCUT2D eigenvalue weighted by molar-refractivity contribution is 6.30. The number of anilines is 1. The molecule has 0 bridgehead atoms. The van der Waals surface area contributed by atoms with Crippen LogP contribution in [0.25, 0.3) is 22.8 Å². The number of H-pyrrole nitrogens is 1. The number of likely N-dealkylation sites (tertiary alicyclic amines) is 1. The molecule has 6 heteroatoms. The molecule has 0 unspecified atom stereocenters. The molecule has 0 spiro atoms. The number of aryl methyl sites for hydroxylation is 1. The molecule has 32 heavy (non-hydrogen) atoms. The molecule has 1 aromatic heterocycles. The zero-order chi connectivity index (χ0) is 22.7. The lowest BCUT2D eigenvalue weighted by Crippen LogP contribution is -2.27. The van der Waals surface area contributed by atoms with E-state index in [0.717, 1.165) is 60.3 Å². The number of carbonyl (C=O) groups is 2. The molecule has 2 aromatic carbocycles. The van der Waals surface area contributed by atoms with E-state index in [1.807, 2.05) is 67.4 Å². The maximum absolute atomic E-state index is 13.1. The van der Waals surface area contributed by atoms with Gasteiger partial charge < -0.3 is 15.2 Å². The van der Waals surface area contributed by atoms with Crippen LogP contribution < -0.4 is 5.32 Å². The van der Waals surface area contributed by atoms with Crippen LogP contribution in [0.15, 0.2) is 48.5 Å². The van der Waals surface area contributed by atoms with Crippen molar-refractivity contribution in [3.05, 3.63) is 76.1 Å². The summed E-state index contributed by atoms with van der Waals surface area (Å²) in [6, 6.07) is 15.3. The average Bonchev–Trinajstić information content (AvgIpc) is 3.47. The van der Waals surface area contributed by atoms with E-state index in [9.17, 15) is 9.59 Å². The Balaban J connectivity index is 1.84. The molecule has 4 rings (SSSR count). The summed E-state index contributed by atoms with van der Waals surface area (Å²) in [7, 11) is 1.83. The number of aldehydes is 1. The van der Waals surface area contributed by atoms with Gasteiger partial charge in [-0.3, -0.25) is 9.59 Å². The number of nitrogens with zero attached hydrogens (tertiary/aromatic N) is 1. The predicted molar refractivity (Wildman–Crippen MR) is 131 cm³/mol. The summed E-state index contributed by atoms with van der Waals surface area (Å²) in [6.45, 7) is 3.46. The van der Waals surface area contributed by atoms with Crippen LogP contribution in [0, 0.1) is 6.92 Å². The third kappa shape index (κ3) is 4.34. The van der Waals surface area contributed by atoms with Gasteiger partial charge in [-0.25, -0.2) is 0 Å². The molecular weight excluding hydrogens is 422 g/mol. The van der Waals surface area contributed by atoms with E-state index in [1.165, 1.54) is 0 Å². The molecule has 1 fully saturated rings. The molecule has 3 aromatic rings. The van der Waals surface area contributed by atoms with E-state index in [2.05, 4.69) is 10.3 Å². The lowest BCUT2D eigenvalue weighted by atomic mass is 9.92. The lowest BCUT2D eigenvalue weighted by Gasteiger charge is -2.16. The molecule has 1 aliphatic rings. The highest BCUT2D eigenvalue weighted by Crippen LogP contribution is 2.35. The first-order valence-corrected chi connectivity index (χ1v) is 11.1. The molecule has 5 nitrogen and oxygen atoms in total. The fraction of sp³-hybridized carbons (Fsp3) is 0.231. The van der Waals surface area contributed by atoms with E-state index in [-0.39, 0.29) is 5.91 Å². The molecular formula is C26H26ClN3O2. The minimum Gasteiger partial charge on any atom is -0.388 e. The number of hydrogen-bond acceptors (Lipinski definition) is 3. The van der Waals surface area contributed by atoms with Crippen molar-refractivity contribution < 1.29 is 9.59 Å². The van der Waals surface area contributed by atoms with Crippen molar-refractivity contribution in [1.29, 1.82) is 0 Å². The molecule has 1 aliphatic heterocycles. The second kappa shape index (κ2) is 9.45. The van der Waals surface area contributed by atoms with Crippen LogP contribution in [0.2, 0.25) is 5.02 Å². The number of aromatic nitrogens is 1. The van der Waals surface area contributed by atoms with Crippen molar-refractivity contribution in [1.82, 2.24) is 9.88 Å². The molecule has 0 saturated carbocycles. The zero-order valence-electron chi connectivity index (χ0n) is 18.2. The van der Waals surface area contributed by atoms with Crippen LogP contribution in [-0.4, -0.2) is 42.2 Å². The Morgan fingerprint density at radius 3 is 2.50 bits per heavy atom. The van der Waals surface area contributed by atoms with Gasteiger partial charge in [0.1, 0.15) is 0 Å². The summed E-state index contributed by atoms with van der Waals surface area (Å²) >= 11 is 6.08. The smallest absolute Gasteiger partial charge is 0.256 e. The van der Waals surface area contributed by atoms with Crippen LogP contribution in [0.1, 0.15) is 40.2 Å². The topological polar surface area (TPSA) is 65.2 Å². The molecule has 2 heterocycles. The molecule has 164 valence electrons. The quantitative estimate of drug-likeness (QED) is 0.378. The molecule has 1 amide bonds. The number of halogens is 1. The Morgan fingerprint density at radius 2 is 1.84 bits per heavy atom. The Kier molecular flexibility index (Phi) is 6.47. The van der Waals surface area contributed by atoms with Crippen molar-refractivity contribution in [3.8, 4) is 11.1 Å². The summed E-state index contributed by atoms with van der Waals surface area (Å²) in [5.74, 6) is 0.00294. The van der Waals surface area contributed by atoms with Crippen molar-refractivity contribution >= 4 is 41.1 Å². The van der Waals surface area contributed by atoms with Gasteiger partial charge in [0.25, 0.3) is 5.91 Å². The predicted octanol–water partition coefficient (Wildman–Crippen LogP) is 5.66. The van der Waals surface area contributed by atoms with Gasteiger partial charge >= 0.3 is 0 Å². The zero-order valence-corrected chi connectivity index (χ0v) is 19.0. The van der Waals surface area contributed by atoms with Crippen molar-refractivity contribution in [2.45, 2.75) is 19.8 Å². The third-order valence-electron chi connectivity index (χ3n) is 5.81. The van der Waals surface area contributed by atoms with E-state index in [0.29, 0.717) is 21.9 Å². The normalized spacial score (nSPS) is 14.0. The van der Waals surface area contributed by atoms with Gasteiger partial charge in [-0.1, -0.05) is 35.9 Å². The van der Waals surface area contributed by atoms with Gasteiger partial charge in [0, 0.05) is 47.7 Å². The largest absolute Gasteiger partial charge is 0.388 e. The first kappa shape index (κ1) is 21.9. The lowest BCUT2D eigenvalue weighted by molar-refractivity contribution is -0.103. The Bertz CT molecular complexity index is 1170. The van der Waals surface area contributed by atoms with Crippen LogP contribution in [0.3, 0.4) is 0 Å². The van der Waals surface area contributed by atoms with Gasteiger partial charge in [0.15, 0.2) is 6.29 Å². The number of benzene rings is 2. The summed E-state index contributed by atoms with van der Waals surface area (Å²) < 4.78 is 0. The monoisotopic (exact) mass is 447 g/mol. The standard InChI is InChI=1S/C26H26ClN3O2/c1-17-14-22(26(32)30-12-3-4-13-30)24(29-17)15-19(16-31)25-21(6-5-7-23(25)28-2)18-8-10-20(27)11-9-18/h5-11,14-16,28-29H,3-4,12-13H2,1-2H3/b19-15+. The first-order chi connectivity index (χ1) is 15.5. The Hall–Kier alpha value is -3.31. The highest BCUT2D eigenvalue weighted by Gasteiger charge is 2.23. The molecule has 0 atom stereocenters. The summed E-state index contributed by atoms with van der Waals surface area (Å²) in [5, 5.41) is 3.84. The molecule has 0 aliphatic carbocycles. The van der Waals surface area contributed by atoms with Crippen LogP contribution in [0.5, 0.6) is 0 Å². The van der Waals surface area contributed by atoms with E-state index >= 15 is 0 Å². The second-order valence-corrected chi connectivity index (χ2v) is 8.42. The van der Waals surface area contributed by atoms with E-state index in [1.54, 1.807) is 6.08 Å². The highest BCUT2D eigenvalue weighted by atomic mass is 35.5. The van der Waals surface area contributed by atoms with Crippen molar-refractivity contribution in [2.24, 2.45) is 0 Å². The molecule has 2 N–H and O–H groups in total. The maximum atomic E-state index is 13.1. The third-order valence-corrected chi connectivity index (χ3v) is 6.06. The minimum atomic E-state index is 0.00294. The van der Waals surface area contributed by atoms with E-state index < -0.39 is 0 Å². The Morgan fingerprint density at radius 1 is 1.12 bits per heavy atom.